The minimum absolute atomic E-state index is 0.730. The summed E-state index contributed by atoms with van der Waals surface area (Å²) >= 11 is 1.82. The first-order chi connectivity index (χ1) is 7.76. The molecule has 1 rings (SSSR count). The predicted molar refractivity (Wildman–Crippen MR) is 73.5 cm³/mol. The Morgan fingerprint density at radius 1 is 1.38 bits per heavy atom. The second-order valence-corrected chi connectivity index (χ2v) is 4.54. The van der Waals surface area contributed by atoms with Crippen molar-refractivity contribution >= 4 is 23.1 Å². The van der Waals surface area contributed by atoms with Crippen molar-refractivity contribution in [2.45, 2.75) is 13.3 Å². The van der Waals surface area contributed by atoms with Crippen molar-refractivity contribution in [1.82, 2.24) is 0 Å². The zero-order valence-corrected chi connectivity index (χ0v) is 10.8. The summed E-state index contributed by atoms with van der Waals surface area (Å²) in [7, 11) is 0. The standard InChI is InChI=1S/C12H20N2OS/c1-3-5-15-12-8-10(13)7-11(9-12)14-4-6-16-2/h7-9,14H,3-6,13H2,1-2H3. The van der Waals surface area contributed by atoms with Crippen LogP contribution in [0.3, 0.4) is 0 Å². The molecule has 0 saturated heterocycles. The average Bonchev–Trinajstić information content (AvgIpc) is 2.26. The lowest BCUT2D eigenvalue weighted by Gasteiger charge is -2.10. The van der Waals surface area contributed by atoms with Crippen molar-refractivity contribution < 1.29 is 4.74 Å². The number of nitrogen functional groups attached to an aromatic ring is 1. The van der Waals surface area contributed by atoms with Gasteiger partial charge in [0.2, 0.25) is 0 Å². The van der Waals surface area contributed by atoms with E-state index in [1.54, 1.807) is 0 Å². The number of ether oxygens (including phenoxy) is 1. The summed E-state index contributed by atoms with van der Waals surface area (Å²) in [6.07, 6.45) is 3.10. The minimum Gasteiger partial charge on any atom is -0.493 e. The van der Waals surface area contributed by atoms with E-state index in [1.165, 1.54) is 0 Å². The number of thioether (sulfide) groups is 1. The van der Waals surface area contributed by atoms with E-state index in [0.717, 1.165) is 42.4 Å². The van der Waals surface area contributed by atoms with Gasteiger partial charge in [0.1, 0.15) is 5.75 Å². The normalized spacial score (nSPS) is 10.1. The first kappa shape index (κ1) is 13.0. The van der Waals surface area contributed by atoms with Gasteiger partial charge in [-0.05, 0) is 18.7 Å². The van der Waals surface area contributed by atoms with Crippen molar-refractivity contribution in [1.29, 1.82) is 0 Å². The highest BCUT2D eigenvalue weighted by Crippen LogP contribution is 2.22. The molecule has 0 aliphatic carbocycles. The fraction of sp³-hybridized carbons (Fsp3) is 0.500. The summed E-state index contributed by atoms with van der Waals surface area (Å²) in [6.45, 7) is 3.76. The van der Waals surface area contributed by atoms with Crippen LogP contribution in [0.5, 0.6) is 5.75 Å². The molecule has 0 unspecified atom stereocenters. The van der Waals surface area contributed by atoms with Gasteiger partial charge in [0.15, 0.2) is 0 Å². The van der Waals surface area contributed by atoms with Gasteiger partial charge in [-0.3, -0.25) is 0 Å². The van der Waals surface area contributed by atoms with Crippen LogP contribution in [0.1, 0.15) is 13.3 Å². The molecule has 0 aromatic heterocycles. The number of nitrogens with two attached hydrogens (primary N) is 1. The monoisotopic (exact) mass is 240 g/mol. The van der Waals surface area contributed by atoms with Crippen molar-refractivity contribution in [3.05, 3.63) is 18.2 Å². The Kier molecular flexibility index (Phi) is 5.93. The van der Waals surface area contributed by atoms with Gasteiger partial charge in [0.25, 0.3) is 0 Å². The van der Waals surface area contributed by atoms with E-state index < -0.39 is 0 Å². The van der Waals surface area contributed by atoms with Gasteiger partial charge >= 0.3 is 0 Å². The third-order valence-electron chi connectivity index (χ3n) is 2.04. The Morgan fingerprint density at radius 3 is 2.88 bits per heavy atom. The number of benzene rings is 1. The number of anilines is 2. The molecular weight excluding hydrogens is 220 g/mol. The highest BCUT2D eigenvalue weighted by Gasteiger charge is 1.99. The first-order valence-electron chi connectivity index (χ1n) is 5.52. The van der Waals surface area contributed by atoms with Crippen LogP contribution in [0.15, 0.2) is 18.2 Å². The Balaban J connectivity index is 2.58. The number of hydrogen-bond acceptors (Lipinski definition) is 4. The maximum atomic E-state index is 5.81. The predicted octanol–water partition coefficient (Wildman–Crippen LogP) is 2.83. The summed E-state index contributed by atoms with van der Waals surface area (Å²) in [5.74, 6) is 1.92. The maximum Gasteiger partial charge on any atom is 0.123 e. The molecule has 0 fully saturated rings. The van der Waals surface area contributed by atoms with E-state index in [4.69, 9.17) is 10.5 Å². The van der Waals surface area contributed by atoms with Crippen LogP contribution in [0.25, 0.3) is 0 Å². The molecule has 1 aromatic carbocycles. The fourth-order valence-corrected chi connectivity index (χ4v) is 1.63. The van der Waals surface area contributed by atoms with Gasteiger partial charge in [-0.1, -0.05) is 6.92 Å². The quantitative estimate of drug-likeness (QED) is 0.568. The molecule has 0 saturated carbocycles. The van der Waals surface area contributed by atoms with Gasteiger partial charge < -0.3 is 15.8 Å². The van der Waals surface area contributed by atoms with Crippen LogP contribution in [0.2, 0.25) is 0 Å². The fourth-order valence-electron chi connectivity index (χ4n) is 1.32. The lowest BCUT2D eigenvalue weighted by molar-refractivity contribution is 0.318. The van der Waals surface area contributed by atoms with Gasteiger partial charge in [-0.2, -0.15) is 11.8 Å². The molecule has 0 radical (unpaired) electrons. The molecule has 0 heterocycles. The number of nitrogens with one attached hydrogen (secondary N) is 1. The summed E-state index contributed by atoms with van der Waals surface area (Å²) in [4.78, 5) is 0. The summed E-state index contributed by atoms with van der Waals surface area (Å²) in [5, 5.41) is 3.32. The van der Waals surface area contributed by atoms with Crippen molar-refractivity contribution in [3.8, 4) is 5.75 Å². The van der Waals surface area contributed by atoms with Crippen molar-refractivity contribution in [2.75, 3.05) is 36.2 Å². The summed E-state index contributed by atoms with van der Waals surface area (Å²) in [6, 6.07) is 5.78. The van der Waals surface area contributed by atoms with Gasteiger partial charge in [-0.25, -0.2) is 0 Å². The third-order valence-corrected chi connectivity index (χ3v) is 2.65. The van der Waals surface area contributed by atoms with E-state index in [-0.39, 0.29) is 0 Å². The Bertz CT molecular complexity index is 318. The number of hydrogen-bond donors (Lipinski definition) is 2. The Morgan fingerprint density at radius 2 is 2.19 bits per heavy atom. The average molecular weight is 240 g/mol. The smallest absolute Gasteiger partial charge is 0.123 e. The molecule has 1 aromatic rings. The largest absolute Gasteiger partial charge is 0.493 e. The molecule has 0 bridgehead atoms. The van der Waals surface area contributed by atoms with Crippen LogP contribution in [0.4, 0.5) is 11.4 Å². The number of rotatable bonds is 7. The summed E-state index contributed by atoms with van der Waals surface area (Å²) < 4.78 is 5.56. The molecule has 0 spiro atoms. The highest BCUT2D eigenvalue weighted by molar-refractivity contribution is 7.98. The SMILES string of the molecule is CCCOc1cc(N)cc(NCCSC)c1. The molecule has 16 heavy (non-hydrogen) atoms. The molecular formula is C12H20N2OS. The van der Waals surface area contributed by atoms with E-state index in [1.807, 2.05) is 30.0 Å². The minimum atomic E-state index is 0.730. The highest BCUT2D eigenvalue weighted by atomic mass is 32.2. The molecule has 0 amide bonds. The van der Waals surface area contributed by atoms with E-state index in [2.05, 4.69) is 18.5 Å². The molecule has 0 aliphatic heterocycles. The third kappa shape index (κ3) is 4.66. The van der Waals surface area contributed by atoms with E-state index >= 15 is 0 Å². The molecule has 3 N–H and O–H groups in total. The lowest BCUT2D eigenvalue weighted by atomic mass is 10.2. The lowest BCUT2D eigenvalue weighted by Crippen LogP contribution is -2.05. The Hall–Kier alpha value is -1.03. The molecule has 3 nitrogen and oxygen atoms in total. The topological polar surface area (TPSA) is 47.3 Å². The maximum absolute atomic E-state index is 5.81. The summed E-state index contributed by atoms with van der Waals surface area (Å²) in [5.41, 5.74) is 7.57. The van der Waals surface area contributed by atoms with Gasteiger partial charge in [0.05, 0.1) is 6.61 Å². The zero-order valence-electron chi connectivity index (χ0n) is 9.95. The first-order valence-corrected chi connectivity index (χ1v) is 6.91. The van der Waals surface area contributed by atoms with Crippen LogP contribution < -0.4 is 15.8 Å². The van der Waals surface area contributed by atoms with E-state index in [0.29, 0.717) is 0 Å². The zero-order chi connectivity index (χ0) is 11.8. The van der Waals surface area contributed by atoms with E-state index in [9.17, 15) is 0 Å². The Labute approximate surface area is 102 Å². The van der Waals surface area contributed by atoms with Crippen molar-refractivity contribution in [2.24, 2.45) is 0 Å². The molecule has 0 aliphatic rings. The van der Waals surface area contributed by atoms with Gasteiger partial charge in [-0.15, -0.1) is 0 Å². The molecule has 4 heteroatoms. The van der Waals surface area contributed by atoms with Gasteiger partial charge in [0, 0.05) is 35.8 Å². The van der Waals surface area contributed by atoms with Crippen LogP contribution in [-0.2, 0) is 0 Å². The second-order valence-electron chi connectivity index (χ2n) is 3.56. The van der Waals surface area contributed by atoms with Crippen LogP contribution in [-0.4, -0.2) is 25.2 Å². The second kappa shape index (κ2) is 7.28. The van der Waals surface area contributed by atoms with Crippen molar-refractivity contribution in [3.63, 3.8) is 0 Å². The molecule has 90 valence electrons. The van der Waals surface area contributed by atoms with Crippen LogP contribution in [0, 0.1) is 0 Å². The molecule has 0 atom stereocenters. The van der Waals surface area contributed by atoms with Crippen LogP contribution >= 0.6 is 11.8 Å².